The number of nitrogen functional groups attached to an aromatic ring is 1. The summed E-state index contributed by atoms with van der Waals surface area (Å²) in [6, 6.07) is 4.58. The van der Waals surface area contributed by atoms with Gasteiger partial charge in [0.2, 0.25) is 0 Å². The van der Waals surface area contributed by atoms with Gasteiger partial charge in [-0.2, -0.15) is 0 Å². The van der Waals surface area contributed by atoms with E-state index in [2.05, 4.69) is 4.74 Å². The average Bonchev–Trinajstić information content (AvgIpc) is 2.19. The third-order valence-corrected chi connectivity index (χ3v) is 1.91. The smallest absolute Gasteiger partial charge is 0.356 e. The molecule has 4 nitrogen and oxygen atoms in total. The Morgan fingerprint density at radius 3 is 2.79 bits per heavy atom. The zero-order valence-corrected chi connectivity index (χ0v) is 8.26. The van der Waals surface area contributed by atoms with E-state index in [-0.39, 0.29) is 11.3 Å². The minimum absolute atomic E-state index is 0.282. The topological polar surface area (TPSA) is 76.2 Å². The quantitative estimate of drug-likeness (QED) is 0.443. The molecule has 0 aromatic heterocycles. The van der Waals surface area contributed by atoms with Crippen molar-refractivity contribution in [1.29, 1.82) is 5.41 Å². The molecule has 1 aromatic carbocycles. The number of ether oxygens (including phenoxy) is 1. The van der Waals surface area contributed by atoms with Gasteiger partial charge in [-0.3, -0.25) is 5.41 Å². The highest BCUT2D eigenvalue weighted by Crippen LogP contribution is 2.18. The fourth-order valence-electron chi connectivity index (χ4n) is 0.957. The summed E-state index contributed by atoms with van der Waals surface area (Å²) in [5.74, 6) is -0.737. The van der Waals surface area contributed by atoms with E-state index < -0.39 is 5.97 Å². The second-order valence-electron chi connectivity index (χ2n) is 2.60. The standard InChI is InChI=1S/C9H9ClN2O2/c1-14-9(13)8(12)6-4-5(10)2-3-7(6)11/h2-4,12H,11H2,1H3. The number of halogens is 1. The van der Waals surface area contributed by atoms with Crippen molar-refractivity contribution in [3.8, 4) is 0 Å². The molecule has 0 unspecified atom stereocenters. The Bertz CT molecular complexity index is 390. The molecule has 74 valence electrons. The van der Waals surface area contributed by atoms with Gasteiger partial charge in [0.15, 0.2) is 0 Å². The van der Waals surface area contributed by atoms with Crippen molar-refractivity contribution >= 4 is 29.0 Å². The third kappa shape index (κ3) is 2.03. The maximum atomic E-state index is 11.0. The summed E-state index contributed by atoms with van der Waals surface area (Å²) in [5, 5.41) is 7.88. The molecule has 0 atom stereocenters. The Labute approximate surface area is 86.1 Å². The molecule has 0 aliphatic heterocycles. The number of anilines is 1. The Kier molecular flexibility index (Phi) is 3.09. The molecule has 0 saturated carbocycles. The van der Waals surface area contributed by atoms with E-state index >= 15 is 0 Å². The van der Waals surface area contributed by atoms with E-state index in [9.17, 15) is 4.79 Å². The molecule has 14 heavy (non-hydrogen) atoms. The summed E-state index contributed by atoms with van der Waals surface area (Å²) < 4.78 is 4.40. The first-order valence-electron chi connectivity index (χ1n) is 3.78. The van der Waals surface area contributed by atoms with Crippen LogP contribution in [0.15, 0.2) is 18.2 Å². The SMILES string of the molecule is COC(=O)C(=N)c1cc(Cl)ccc1N. The van der Waals surface area contributed by atoms with Crippen LogP contribution in [0.5, 0.6) is 0 Å². The number of nitrogens with two attached hydrogens (primary N) is 1. The minimum Gasteiger partial charge on any atom is -0.464 e. The number of hydrogen-bond acceptors (Lipinski definition) is 4. The van der Waals surface area contributed by atoms with Gasteiger partial charge in [-0.05, 0) is 18.2 Å². The van der Waals surface area contributed by atoms with Crippen LogP contribution in [0, 0.1) is 5.41 Å². The maximum Gasteiger partial charge on any atom is 0.356 e. The number of carbonyl (C=O) groups is 1. The first-order valence-corrected chi connectivity index (χ1v) is 4.16. The molecule has 0 radical (unpaired) electrons. The number of rotatable bonds is 2. The highest BCUT2D eigenvalue weighted by Gasteiger charge is 2.14. The molecule has 0 aliphatic rings. The van der Waals surface area contributed by atoms with Gasteiger partial charge in [-0.25, -0.2) is 4.79 Å². The minimum atomic E-state index is -0.737. The highest BCUT2D eigenvalue weighted by atomic mass is 35.5. The normalized spacial score (nSPS) is 9.57. The van der Waals surface area contributed by atoms with Crippen molar-refractivity contribution in [2.45, 2.75) is 0 Å². The van der Waals surface area contributed by atoms with Crippen LogP contribution in [-0.4, -0.2) is 18.8 Å². The number of nitrogens with one attached hydrogen (secondary N) is 1. The first-order chi connectivity index (χ1) is 6.56. The molecular formula is C9H9ClN2O2. The van der Waals surface area contributed by atoms with Gasteiger partial charge in [0.1, 0.15) is 5.71 Å². The van der Waals surface area contributed by atoms with Crippen LogP contribution in [0.4, 0.5) is 5.69 Å². The number of esters is 1. The molecular weight excluding hydrogens is 204 g/mol. The second-order valence-corrected chi connectivity index (χ2v) is 3.03. The summed E-state index contributed by atoms with van der Waals surface area (Å²) in [7, 11) is 1.21. The summed E-state index contributed by atoms with van der Waals surface area (Å²) in [4.78, 5) is 11.0. The molecule has 0 bridgehead atoms. The van der Waals surface area contributed by atoms with Crippen LogP contribution in [0.2, 0.25) is 5.02 Å². The molecule has 0 amide bonds. The molecule has 0 fully saturated rings. The molecule has 0 aliphatic carbocycles. The lowest BCUT2D eigenvalue weighted by molar-refractivity contribution is -0.132. The number of methoxy groups -OCH3 is 1. The zero-order valence-electron chi connectivity index (χ0n) is 7.50. The Balaban J connectivity index is 3.12. The number of hydrogen-bond donors (Lipinski definition) is 2. The second kappa shape index (κ2) is 4.11. The molecule has 1 aromatic rings. The maximum absolute atomic E-state index is 11.0. The van der Waals surface area contributed by atoms with Gasteiger partial charge >= 0.3 is 5.97 Å². The number of carbonyl (C=O) groups excluding carboxylic acids is 1. The van der Waals surface area contributed by atoms with Gasteiger partial charge in [0.05, 0.1) is 7.11 Å². The third-order valence-electron chi connectivity index (χ3n) is 1.67. The van der Waals surface area contributed by atoms with Crippen LogP contribution in [0.3, 0.4) is 0 Å². The van der Waals surface area contributed by atoms with E-state index in [1.165, 1.54) is 19.2 Å². The highest BCUT2D eigenvalue weighted by molar-refractivity contribution is 6.43. The fraction of sp³-hybridized carbons (Fsp3) is 0.111. The van der Waals surface area contributed by atoms with Crippen molar-refractivity contribution in [2.75, 3.05) is 12.8 Å². The molecule has 0 saturated heterocycles. The van der Waals surface area contributed by atoms with E-state index in [1.807, 2.05) is 0 Å². The summed E-state index contributed by atoms with van der Waals surface area (Å²) in [6.07, 6.45) is 0. The van der Waals surface area contributed by atoms with E-state index in [4.69, 9.17) is 22.7 Å². The first kappa shape index (κ1) is 10.5. The molecule has 3 N–H and O–H groups in total. The Morgan fingerprint density at radius 1 is 1.57 bits per heavy atom. The lowest BCUT2D eigenvalue weighted by atomic mass is 10.1. The van der Waals surface area contributed by atoms with Crippen LogP contribution in [-0.2, 0) is 9.53 Å². The molecule has 5 heteroatoms. The predicted octanol–water partition coefficient (Wildman–Crippen LogP) is 1.46. The summed E-state index contributed by atoms with van der Waals surface area (Å²) in [6.45, 7) is 0. The van der Waals surface area contributed by atoms with Crippen LogP contribution < -0.4 is 5.73 Å². The zero-order chi connectivity index (χ0) is 10.7. The lowest BCUT2D eigenvalue weighted by Crippen LogP contribution is -2.17. The molecule has 0 heterocycles. The van der Waals surface area contributed by atoms with Crippen molar-refractivity contribution in [1.82, 2.24) is 0 Å². The van der Waals surface area contributed by atoms with Gasteiger partial charge in [0, 0.05) is 16.3 Å². The van der Waals surface area contributed by atoms with Crippen molar-refractivity contribution in [3.63, 3.8) is 0 Å². The van der Waals surface area contributed by atoms with Crippen LogP contribution in [0.1, 0.15) is 5.56 Å². The summed E-state index contributed by atoms with van der Waals surface area (Å²) >= 11 is 5.70. The summed E-state index contributed by atoms with van der Waals surface area (Å²) in [5.41, 5.74) is 5.88. The van der Waals surface area contributed by atoms with Crippen molar-refractivity contribution in [3.05, 3.63) is 28.8 Å². The van der Waals surface area contributed by atoms with Crippen LogP contribution >= 0.6 is 11.6 Å². The van der Waals surface area contributed by atoms with Gasteiger partial charge in [-0.1, -0.05) is 11.6 Å². The lowest BCUT2D eigenvalue weighted by Gasteiger charge is -2.05. The molecule has 0 spiro atoms. The fourth-order valence-corrected chi connectivity index (χ4v) is 1.13. The van der Waals surface area contributed by atoms with Crippen LogP contribution in [0.25, 0.3) is 0 Å². The average molecular weight is 213 g/mol. The monoisotopic (exact) mass is 212 g/mol. The molecule has 1 rings (SSSR count). The van der Waals surface area contributed by atoms with Crippen molar-refractivity contribution in [2.24, 2.45) is 0 Å². The van der Waals surface area contributed by atoms with E-state index in [0.29, 0.717) is 10.7 Å². The van der Waals surface area contributed by atoms with Crippen molar-refractivity contribution < 1.29 is 9.53 Å². The predicted molar refractivity (Wildman–Crippen MR) is 54.7 cm³/mol. The van der Waals surface area contributed by atoms with Gasteiger partial charge in [0.25, 0.3) is 0 Å². The number of benzene rings is 1. The largest absolute Gasteiger partial charge is 0.464 e. The Hall–Kier alpha value is -1.55. The van der Waals surface area contributed by atoms with Gasteiger partial charge < -0.3 is 10.5 Å². The van der Waals surface area contributed by atoms with E-state index in [0.717, 1.165) is 0 Å². The van der Waals surface area contributed by atoms with Gasteiger partial charge in [-0.15, -0.1) is 0 Å². The Morgan fingerprint density at radius 2 is 2.21 bits per heavy atom. The van der Waals surface area contributed by atoms with E-state index in [1.54, 1.807) is 6.07 Å².